The second kappa shape index (κ2) is 6.99. The number of aromatic amines is 1. The van der Waals surface area contributed by atoms with Gasteiger partial charge in [0.1, 0.15) is 11.4 Å². The molecule has 0 spiro atoms. The van der Waals surface area contributed by atoms with Gasteiger partial charge in [-0.25, -0.2) is 9.97 Å². The van der Waals surface area contributed by atoms with Gasteiger partial charge in [-0.1, -0.05) is 48.5 Å². The molecule has 0 aliphatic heterocycles. The van der Waals surface area contributed by atoms with Crippen LogP contribution in [0.5, 0.6) is 0 Å². The van der Waals surface area contributed by atoms with Crippen molar-refractivity contribution in [2.24, 2.45) is 0 Å². The van der Waals surface area contributed by atoms with E-state index in [1.807, 2.05) is 61.5 Å². The number of hydrogen-bond acceptors (Lipinski definition) is 3. The van der Waals surface area contributed by atoms with Crippen LogP contribution in [-0.4, -0.2) is 15.0 Å². The lowest BCUT2D eigenvalue weighted by molar-refractivity contribution is -0.137. The molecule has 4 rings (SSSR count). The smallest absolute Gasteiger partial charge is 0.365 e. The first-order chi connectivity index (χ1) is 13.4. The van der Waals surface area contributed by atoms with Gasteiger partial charge in [-0.3, -0.25) is 0 Å². The van der Waals surface area contributed by atoms with Gasteiger partial charge in [0.15, 0.2) is 5.82 Å². The first kappa shape index (κ1) is 18.0. The summed E-state index contributed by atoms with van der Waals surface area (Å²) in [6, 6.07) is 16.8. The number of nitrogens with one attached hydrogen (secondary N) is 2. The summed E-state index contributed by atoms with van der Waals surface area (Å²) in [4.78, 5) is 11.5. The zero-order chi connectivity index (χ0) is 19.7. The van der Waals surface area contributed by atoms with E-state index in [4.69, 9.17) is 0 Å². The standard InChI is InChI=1S/C21H17F3N4/c1-13-18(15-9-5-6-10-17(15)27-13)20-26-12-16(21(22,23)24)19(28-20)25-11-14-7-3-2-4-8-14/h2-10,12,27H,11H2,1H3,(H,25,26,28). The zero-order valence-corrected chi connectivity index (χ0v) is 15.0. The van der Waals surface area contributed by atoms with Crippen LogP contribution in [0.25, 0.3) is 22.3 Å². The average molecular weight is 382 g/mol. The summed E-state index contributed by atoms with van der Waals surface area (Å²) < 4.78 is 40.4. The fourth-order valence-electron chi connectivity index (χ4n) is 3.19. The average Bonchev–Trinajstić information content (AvgIpc) is 3.02. The fraction of sp³-hybridized carbons (Fsp3) is 0.143. The van der Waals surface area contributed by atoms with Gasteiger partial charge in [-0.05, 0) is 18.6 Å². The lowest BCUT2D eigenvalue weighted by Crippen LogP contribution is -2.14. The molecule has 0 saturated carbocycles. The number of nitrogens with zero attached hydrogens (tertiary/aromatic N) is 2. The number of hydrogen-bond donors (Lipinski definition) is 2. The number of aromatic nitrogens is 3. The Morgan fingerprint density at radius 3 is 2.46 bits per heavy atom. The van der Waals surface area contributed by atoms with Crippen LogP contribution in [0, 0.1) is 6.92 Å². The van der Waals surface area contributed by atoms with E-state index in [0.717, 1.165) is 28.4 Å². The topological polar surface area (TPSA) is 53.6 Å². The SMILES string of the molecule is Cc1[nH]c2ccccc2c1-c1ncc(C(F)(F)F)c(NCc2ccccc2)n1. The van der Waals surface area contributed by atoms with Crippen LogP contribution in [0.4, 0.5) is 19.0 Å². The summed E-state index contributed by atoms with van der Waals surface area (Å²) in [6.07, 6.45) is -3.70. The van der Waals surface area contributed by atoms with Gasteiger partial charge >= 0.3 is 6.18 Å². The predicted octanol–water partition coefficient (Wildman–Crippen LogP) is 5.56. The Morgan fingerprint density at radius 2 is 1.71 bits per heavy atom. The maximum absolute atomic E-state index is 13.5. The molecule has 0 radical (unpaired) electrons. The number of anilines is 1. The molecule has 0 aliphatic carbocycles. The van der Waals surface area contributed by atoms with Gasteiger partial charge in [0.2, 0.25) is 0 Å². The number of aryl methyl sites for hydroxylation is 1. The molecule has 4 nitrogen and oxygen atoms in total. The van der Waals surface area contributed by atoms with E-state index < -0.39 is 11.7 Å². The number of benzene rings is 2. The minimum atomic E-state index is -4.55. The molecule has 142 valence electrons. The van der Waals surface area contributed by atoms with E-state index >= 15 is 0 Å². The Kier molecular flexibility index (Phi) is 4.50. The highest BCUT2D eigenvalue weighted by Crippen LogP contribution is 2.36. The number of para-hydroxylation sites is 1. The molecule has 2 N–H and O–H groups in total. The summed E-state index contributed by atoms with van der Waals surface area (Å²) in [5, 5.41) is 3.69. The van der Waals surface area contributed by atoms with E-state index in [2.05, 4.69) is 20.3 Å². The molecule has 0 saturated heterocycles. The Bertz CT molecular complexity index is 1120. The lowest BCUT2D eigenvalue weighted by atomic mass is 10.1. The molecule has 0 atom stereocenters. The minimum absolute atomic E-state index is 0.229. The normalized spacial score (nSPS) is 11.7. The van der Waals surface area contributed by atoms with Crippen molar-refractivity contribution in [1.29, 1.82) is 0 Å². The molecule has 28 heavy (non-hydrogen) atoms. The van der Waals surface area contributed by atoms with Crippen molar-refractivity contribution in [3.05, 3.63) is 77.6 Å². The van der Waals surface area contributed by atoms with E-state index in [9.17, 15) is 13.2 Å². The summed E-state index contributed by atoms with van der Waals surface area (Å²) in [6.45, 7) is 2.08. The molecule has 0 amide bonds. The maximum Gasteiger partial charge on any atom is 0.421 e. The molecule has 2 heterocycles. The first-order valence-electron chi connectivity index (χ1n) is 8.73. The molecule has 0 unspecified atom stereocenters. The third-order valence-corrected chi connectivity index (χ3v) is 4.51. The van der Waals surface area contributed by atoms with Crippen LogP contribution in [0.3, 0.4) is 0 Å². The first-order valence-corrected chi connectivity index (χ1v) is 8.73. The summed E-state index contributed by atoms with van der Waals surface area (Å²) in [5.74, 6) is 0.0181. The Labute approximate surface area is 159 Å². The molecular formula is C21H17F3N4. The van der Waals surface area contributed by atoms with Crippen LogP contribution in [0.1, 0.15) is 16.8 Å². The van der Waals surface area contributed by atoms with Crippen molar-refractivity contribution in [2.45, 2.75) is 19.6 Å². The van der Waals surface area contributed by atoms with Crippen LogP contribution >= 0.6 is 0 Å². The number of fused-ring (bicyclic) bond motifs is 1. The molecule has 0 fully saturated rings. The second-order valence-corrected chi connectivity index (χ2v) is 6.46. The lowest BCUT2D eigenvalue weighted by Gasteiger charge is -2.14. The van der Waals surface area contributed by atoms with Crippen LogP contribution in [0.15, 0.2) is 60.8 Å². The van der Waals surface area contributed by atoms with E-state index in [0.29, 0.717) is 5.56 Å². The minimum Gasteiger partial charge on any atom is -0.365 e. The van der Waals surface area contributed by atoms with Crippen LogP contribution in [0.2, 0.25) is 0 Å². The second-order valence-electron chi connectivity index (χ2n) is 6.46. The zero-order valence-electron chi connectivity index (χ0n) is 15.0. The Balaban J connectivity index is 1.78. The van der Waals surface area contributed by atoms with Gasteiger partial charge in [0.05, 0.1) is 0 Å². The highest BCUT2D eigenvalue weighted by molar-refractivity contribution is 5.95. The van der Waals surface area contributed by atoms with Crippen LogP contribution in [-0.2, 0) is 12.7 Å². The van der Waals surface area contributed by atoms with E-state index in [-0.39, 0.29) is 18.2 Å². The third-order valence-electron chi connectivity index (χ3n) is 4.51. The van der Waals surface area contributed by atoms with Crippen LogP contribution < -0.4 is 5.32 Å². The van der Waals surface area contributed by atoms with Crippen molar-refractivity contribution in [3.63, 3.8) is 0 Å². The molecular weight excluding hydrogens is 365 g/mol. The summed E-state index contributed by atoms with van der Waals surface area (Å²) >= 11 is 0. The largest absolute Gasteiger partial charge is 0.421 e. The maximum atomic E-state index is 13.5. The van der Waals surface area contributed by atoms with Crippen molar-refractivity contribution in [2.75, 3.05) is 5.32 Å². The van der Waals surface area contributed by atoms with E-state index in [1.165, 1.54) is 0 Å². The van der Waals surface area contributed by atoms with Crippen molar-refractivity contribution in [1.82, 2.24) is 15.0 Å². The molecule has 0 aliphatic rings. The number of rotatable bonds is 4. The van der Waals surface area contributed by atoms with Gasteiger partial charge in [-0.15, -0.1) is 0 Å². The van der Waals surface area contributed by atoms with Gasteiger partial charge in [0, 0.05) is 34.9 Å². The highest BCUT2D eigenvalue weighted by atomic mass is 19.4. The third kappa shape index (κ3) is 3.43. The van der Waals surface area contributed by atoms with Gasteiger partial charge < -0.3 is 10.3 Å². The number of halogens is 3. The highest BCUT2D eigenvalue weighted by Gasteiger charge is 2.35. The molecule has 4 aromatic rings. The Hall–Kier alpha value is -3.35. The monoisotopic (exact) mass is 382 g/mol. The van der Waals surface area contributed by atoms with Gasteiger partial charge in [0.25, 0.3) is 0 Å². The Morgan fingerprint density at radius 1 is 1.00 bits per heavy atom. The quantitative estimate of drug-likeness (QED) is 0.486. The van der Waals surface area contributed by atoms with Crippen molar-refractivity contribution < 1.29 is 13.2 Å². The van der Waals surface area contributed by atoms with Crippen molar-refractivity contribution >= 4 is 16.7 Å². The van der Waals surface area contributed by atoms with Gasteiger partial charge in [-0.2, -0.15) is 13.2 Å². The summed E-state index contributed by atoms with van der Waals surface area (Å²) in [5.41, 5.74) is 2.36. The molecule has 2 aromatic carbocycles. The molecule has 2 aromatic heterocycles. The molecule has 7 heteroatoms. The summed E-state index contributed by atoms with van der Waals surface area (Å²) in [7, 11) is 0. The van der Waals surface area contributed by atoms with Crippen molar-refractivity contribution in [3.8, 4) is 11.4 Å². The molecule has 0 bridgehead atoms. The predicted molar refractivity (Wildman–Crippen MR) is 103 cm³/mol. The van der Waals surface area contributed by atoms with E-state index in [1.54, 1.807) is 0 Å². The number of alkyl halides is 3. The fourth-order valence-corrected chi connectivity index (χ4v) is 3.19. The number of H-pyrrole nitrogens is 1.